The van der Waals surface area contributed by atoms with Crippen LogP contribution in [0.15, 0.2) is 51.7 Å². The lowest BCUT2D eigenvalue weighted by Crippen LogP contribution is -2.71. The predicted molar refractivity (Wildman–Crippen MR) is 138 cm³/mol. The molecule has 0 bridgehead atoms. The highest BCUT2D eigenvalue weighted by atomic mass is 32.2. The number of oxime groups is 1. The van der Waals surface area contributed by atoms with Crippen molar-refractivity contribution in [2.45, 2.75) is 17.8 Å². The number of phenols is 1. The molecule has 39 heavy (non-hydrogen) atoms. The Kier molecular flexibility index (Phi) is 6.73. The number of carboxylic acid groups (broad SMARTS) is 1. The molecule has 0 spiro atoms. The number of carboxylic acids is 1. The van der Waals surface area contributed by atoms with Gasteiger partial charge in [-0.15, -0.1) is 23.1 Å². The van der Waals surface area contributed by atoms with Crippen molar-refractivity contribution in [1.29, 1.82) is 0 Å². The Bertz CT molecular complexity index is 1520. The largest absolute Gasteiger partial charge is 0.505 e. The quantitative estimate of drug-likeness (QED) is 0.108. The first kappa shape index (κ1) is 26.2. The molecule has 0 saturated carbocycles. The van der Waals surface area contributed by atoms with Crippen molar-refractivity contribution in [2.24, 2.45) is 5.16 Å². The molecular weight excluding hydrogens is 555 g/mol. The Labute approximate surface area is 227 Å². The van der Waals surface area contributed by atoms with E-state index < -0.39 is 52.4 Å². The van der Waals surface area contributed by atoms with E-state index in [2.05, 4.69) is 15.5 Å². The number of nitrogens with two attached hydrogens (primary N) is 1. The van der Waals surface area contributed by atoms with Crippen LogP contribution in [0.5, 0.6) is 5.75 Å². The third-order valence-electron chi connectivity index (χ3n) is 6.28. The molecule has 1 aromatic heterocycles. The first-order valence-electron chi connectivity index (χ1n) is 11.3. The summed E-state index contributed by atoms with van der Waals surface area (Å²) in [4.78, 5) is 57.0. The van der Waals surface area contributed by atoms with E-state index in [1.165, 1.54) is 34.2 Å². The summed E-state index contributed by atoms with van der Waals surface area (Å²) >= 11 is 2.21. The third-order valence-corrected chi connectivity index (χ3v) is 8.26. The summed E-state index contributed by atoms with van der Waals surface area (Å²) in [7, 11) is 0. The molecule has 3 aliphatic rings. The van der Waals surface area contributed by atoms with Crippen LogP contribution in [-0.2, 0) is 19.2 Å². The van der Waals surface area contributed by atoms with Gasteiger partial charge in [-0.05, 0) is 30.2 Å². The number of amides is 3. The fourth-order valence-electron chi connectivity index (χ4n) is 4.44. The molecule has 2 saturated heterocycles. The molecule has 2 aromatic rings. The van der Waals surface area contributed by atoms with Gasteiger partial charge in [0.05, 0.1) is 0 Å². The van der Waals surface area contributed by atoms with E-state index in [1.54, 1.807) is 0 Å². The highest BCUT2D eigenvalue weighted by Crippen LogP contribution is 2.41. The summed E-state index contributed by atoms with van der Waals surface area (Å²) in [5.41, 5.74) is 5.56. The molecule has 0 aliphatic carbocycles. The van der Waals surface area contributed by atoms with Crippen molar-refractivity contribution in [1.82, 2.24) is 15.2 Å². The fourth-order valence-corrected chi connectivity index (χ4v) is 6.29. The van der Waals surface area contributed by atoms with Gasteiger partial charge in [0, 0.05) is 35.0 Å². The summed E-state index contributed by atoms with van der Waals surface area (Å²) < 4.78 is 13.8. The van der Waals surface area contributed by atoms with Crippen molar-refractivity contribution in [2.75, 3.05) is 22.9 Å². The number of allylic oxidation sites excluding steroid dienone is 1. The number of thioether (sulfide) groups is 1. The number of nitrogens with zero attached hydrogens (tertiary/aromatic N) is 4. The molecule has 0 radical (unpaired) electrons. The van der Waals surface area contributed by atoms with Crippen LogP contribution < -0.4 is 16.0 Å². The number of nitrogens with one attached hydrogen (secondary N) is 1. The van der Waals surface area contributed by atoms with E-state index in [1.807, 2.05) is 0 Å². The normalized spacial score (nSPS) is 22.3. The molecule has 3 aliphatic heterocycles. The van der Waals surface area contributed by atoms with Crippen molar-refractivity contribution in [3.8, 4) is 5.75 Å². The highest BCUT2D eigenvalue weighted by molar-refractivity contribution is 8.00. The number of aromatic hydroxyl groups is 1. The fraction of sp³-hybridized carbons (Fsp3) is 0.217. The van der Waals surface area contributed by atoms with E-state index in [9.17, 15) is 39.0 Å². The summed E-state index contributed by atoms with van der Waals surface area (Å²) in [5, 5.41) is 34.8. The number of phenolic OH excluding ortho intramolecular Hbond substituents is 1. The number of carbonyl (C=O) groups is 4. The second-order valence-electron chi connectivity index (χ2n) is 8.57. The number of thiazole rings is 1. The van der Waals surface area contributed by atoms with Gasteiger partial charge in [0.1, 0.15) is 22.8 Å². The van der Waals surface area contributed by atoms with Crippen molar-refractivity contribution >= 4 is 63.3 Å². The number of rotatable bonds is 6. The molecule has 202 valence electrons. The standard InChI is InChI=1S/C23H19FN6O7S2/c24-12-6-11(1-2-14(12)31)29-4-3-9(19(29)33)5-10-7-38-21-16(20(34)30(21)17(10)22(35)36)27-18(32)15(28-37)13-8-39-23(25)26-13/h1-2,5-6,8,16,21,31,37H,3-4,7H2,(H2,25,26)(H,27,32)(H,35,36)/b9-5?,28-15-/t16-,21-/m1/s1. The van der Waals surface area contributed by atoms with Crippen LogP contribution in [0.1, 0.15) is 12.1 Å². The van der Waals surface area contributed by atoms with Crippen LogP contribution >= 0.6 is 23.1 Å². The topological polar surface area (TPSA) is 199 Å². The van der Waals surface area contributed by atoms with E-state index in [0.717, 1.165) is 28.4 Å². The molecule has 16 heteroatoms. The number of aliphatic carboxylic acids is 1. The van der Waals surface area contributed by atoms with Gasteiger partial charge in [-0.3, -0.25) is 19.3 Å². The van der Waals surface area contributed by atoms with Crippen LogP contribution in [-0.4, -0.2) is 78.4 Å². The van der Waals surface area contributed by atoms with E-state index in [0.29, 0.717) is 0 Å². The first-order valence-corrected chi connectivity index (χ1v) is 13.2. The zero-order valence-electron chi connectivity index (χ0n) is 19.7. The Morgan fingerprint density at radius 2 is 2.08 bits per heavy atom. The molecule has 4 heterocycles. The Hall–Kier alpha value is -4.44. The number of β-lactam (4-membered cyclic amide) rings is 1. The Balaban J connectivity index is 1.35. The van der Waals surface area contributed by atoms with Gasteiger partial charge in [0.15, 0.2) is 22.4 Å². The number of aromatic nitrogens is 1. The smallest absolute Gasteiger partial charge is 0.352 e. The number of nitrogen functional groups attached to an aromatic ring is 1. The minimum atomic E-state index is -1.39. The predicted octanol–water partition coefficient (Wildman–Crippen LogP) is 0.850. The second kappa shape index (κ2) is 10.0. The molecule has 6 N–H and O–H groups in total. The number of halogens is 1. The number of fused-ring (bicyclic) bond motifs is 1. The summed E-state index contributed by atoms with van der Waals surface area (Å²) in [5.74, 6) is -4.73. The van der Waals surface area contributed by atoms with Crippen molar-refractivity contribution in [3.63, 3.8) is 0 Å². The lowest BCUT2D eigenvalue weighted by Gasteiger charge is -2.49. The Morgan fingerprint density at radius 1 is 1.31 bits per heavy atom. The number of hydrogen-bond donors (Lipinski definition) is 5. The maximum Gasteiger partial charge on any atom is 0.352 e. The second-order valence-corrected chi connectivity index (χ2v) is 10.6. The van der Waals surface area contributed by atoms with Gasteiger partial charge >= 0.3 is 5.97 Å². The van der Waals surface area contributed by atoms with Gasteiger partial charge < -0.3 is 31.4 Å². The van der Waals surface area contributed by atoms with Crippen LogP contribution in [0, 0.1) is 5.82 Å². The molecule has 2 fully saturated rings. The Morgan fingerprint density at radius 3 is 2.72 bits per heavy atom. The minimum Gasteiger partial charge on any atom is -0.505 e. The van der Waals surface area contributed by atoms with Gasteiger partial charge in [-0.25, -0.2) is 14.2 Å². The highest BCUT2D eigenvalue weighted by Gasteiger charge is 2.54. The number of hydrogen-bond acceptors (Lipinski definition) is 11. The molecule has 13 nitrogen and oxygen atoms in total. The molecule has 2 atom stereocenters. The lowest BCUT2D eigenvalue weighted by molar-refractivity contribution is -0.150. The lowest BCUT2D eigenvalue weighted by atomic mass is 10.0. The zero-order chi connectivity index (χ0) is 28.0. The van der Waals surface area contributed by atoms with E-state index in [4.69, 9.17) is 5.73 Å². The number of carbonyl (C=O) groups excluding carboxylic acids is 3. The van der Waals surface area contributed by atoms with Crippen LogP contribution in [0.25, 0.3) is 0 Å². The van der Waals surface area contributed by atoms with Crippen molar-refractivity contribution < 1.29 is 39.0 Å². The maximum atomic E-state index is 13.8. The molecule has 5 rings (SSSR count). The van der Waals surface area contributed by atoms with E-state index >= 15 is 0 Å². The van der Waals surface area contributed by atoms with Gasteiger partial charge in [-0.2, -0.15) is 0 Å². The molecular formula is C23H19FN6O7S2. The van der Waals surface area contributed by atoms with Gasteiger partial charge in [-0.1, -0.05) is 5.16 Å². The summed E-state index contributed by atoms with van der Waals surface area (Å²) in [6.07, 6.45) is 1.68. The maximum absolute atomic E-state index is 13.8. The van der Waals surface area contributed by atoms with Crippen molar-refractivity contribution in [3.05, 3.63) is 58.0 Å². The summed E-state index contributed by atoms with van der Waals surface area (Å²) in [6.45, 7) is 0.219. The van der Waals surface area contributed by atoms with Crippen LogP contribution in [0.2, 0.25) is 0 Å². The zero-order valence-corrected chi connectivity index (χ0v) is 21.3. The monoisotopic (exact) mass is 574 g/mol. The first-order chi connectivity index (χ1) is 18.6. The van der Waals surface area contributed by atoms with Gasteiger partial charge in [0.2, 0.25) is 0 Å². The third kappa shape index (κ3) is 4.57. The van der Waals surface area contributed by atoms with Gasteiger partial charge in [0.25, 0.3) is 17.7 Å². The molecule has 0 unspecified atom stereocenters. The van der Waals surface area contributed by atoms with Crippen LogP contribution in [0.3, 0.4) is 0 Å². The van der Waals surface area contributed by atoms with E-state index in [-0.39, 0.29) is 52.1 Å². The van der Waals surface area contributed by atoms with Crippen LogP contribution in [0.4, 0.5) is 15.2 Å². The number of benzene rings is 1. The average molecular weight is 575 g/mol. The minimum absolute atomic E-state index is 0.0165. The average Bonchev–Trinajstić information content (AvgIpc) is 3.49. The SMILES string of the molecule is Nc1nc(/C(=N/O)C(=O)N[C@@H]2C(=O)N3C(C(=O)O)=C(C=C4CCN(c5ccc(O)c(F)c5)C4=O)CS[C@H]23)cs1. The summed E-state index contributed by atoms with van der Waals surface area (Å²) in [6, 6.07) is 2.47. The molecule has 1 aromatic carbocycles. The number of anilines is 2. The molecule has 3 amide bonds.